The molecule has 1 aromatic carbocycles. The van der Waals surface area contributed by atoms with E-state index in [0.29, 0.717) is 24.2 Å². The van der Waals surface area contributed by atoms with Gasteiger partial charge in [0, 0.05) is 12.2 Å². The molecule has 2 rings (SSSR count). The minimum absolute atomic E-state index is 0. The van der Waals surface area contributed by atoms with E-state index in [9.17, 15) is 14.7 Å². The quantitative estimate of drug-likeness (QED) is 0.613. The zero-order chi connectivity index (χ0) is 15.2. The number of aliphatic hydroxyl groups is 1. The monoisotopic (exact) mass is 329 g/mol. The van der Waals surface area contributed by atoms with E-state index >= 15 is 0 Å². The van der Waals surface area contributed by atoms with Crippen molar-refractivity contribution in [2.75, 3.05) is 25.5 Å². The van der Waals surface area contributed by atoms with E-state index in [1.54, 1.807) is 18.2 Å². The molecule has 1 heterocycles. The highest BCUT2D eigenvalue weighted by Crippen LogP contribution is 2.12. The highest BCUT2D eigenvalue weighted by atomic mass is 35.5. The summed E-state index contributed by atoms with van der Waals surface area (Å²) >= 11 is 0. The largest absolute Gasteiger partial charge is 0.465 e. The molecule has 122 valence electrons. The minimum Gasteiger partial charge on any atom is -0.465 e. The summed E-state index contributed by atoms with van der Waals surface area (Å²) in [6.45, 7) is 1.26. The number of hydrogen-bond donors (Lipinski definition) is 4. The summed E-state index contributed by atoms with van der Waals surface area (Å²) in [6, 6.07) is 5.69. The van der Waals surface area contributed by atoms with E-state index in [1.165, 1.54) is 13.2 Å². The van der Waals surface area contributed by atoms with Gasteiger partial charge < -0.3 is 25.8 Å². The Bertz CT molecular complexity index is 527. The van der Waals surface area contributed by atoms with E-state index in [0.717, 1.165) is 6.54 Å². The number of urea groups is 1. The molecule has 1 saturated heterocycles. The number of ether oxygens (including phenoxy) is 1. The first-order valence-corrected chi connectivity index (χ1v) is 6.75. The summed E-state index contributed by atoms with van der Waals surface area (Å²) in [6.07, 6.45) is 0.0429. The molecule has 1 aromatic rings. The molecule has 8 heteroatoms. The van der Waals surface area contributed by atoms with E-state index < -0.39 is 18.1 Å². The molecule has 0 unspecified atom stereocenters. The Morgan fingerprint density at radius 2 is 2.18 bits per heavy atom. The van der Waals surface area contributed by atoms with Crippen LogP contribution in [-0.4, -0.2) is 49.5 Å². The van der Waals surface area contributed by atoms with Crippen LogP contribution in [0.3, 0.4) is 0 Å². The third-order valence-electron chi connectivity index (χ3n) is 3.30. The maximum Gasteiger partial charge on any atom is 0.337 e. The first kappa shape index (κ1) is 18.2. The third kappa shape index (κ3) is 4.87. The Morgan fingerprint density at radius 3 is 2.86 bits per heavy atom. The molecule has 1 aliphatic heterocycles. The number of nitrogens with one attached hydrogen (secondary N) is 3. The second-order valence-corrected chi connectivity index (χ2v) is 4.84. The molecule has 0 bridgehead atoms. The van der Waals surface area contributed by atoms with E-state index in [1.807, 2.05) is 0 Å². The van der Waals surface area contributed by atoms with Gasteiger partial charge in [0.2, 0.25) is 0 Å². The lowest BCUT2D eigenvalue weighted by atomic mass is 10.0. The summed E-state index contributed by atoms with van der Waals surface area (Å²) in [4.78, 5) is 23.3. The Balaban J connectivity index is 0.00000242. The number of benzene rings is 1. The molecule has 4 N–H and O–H groups in total. The third-order valence-corrected chi connectivity index (χ3v) is 3.30. The fourth-order valence-electron chi connectivity index (χ4n) is 2.17. The molecule has 0 saturated carbocycles. The minimum atomic E-state index is -0.557. The van der Waals surface area contributed by atoms with Gasteiger partial charge in [-0.25, -0.2) is 9.59 Å². The summed E-state index contributed by atoms with van der Waals surface area (Å²) in [5, 5.41) is 18.2. The predicted octanol–water partition coefficient (Wildman–Crippen LogP) is 0.739. The molecular formula is C14H20ClN3O4. The lowest BCUT2D eigenvalue weighted by molar-refractivity contribution is 0.0600. The number of carbonyl (C=O) groups excluding carboxylic acids is 2. The van der Waals surface area contributed by atoms with Gasteiger partial charge in [-0.2, -0.15) is 0 Å². The van der Waals surface area contributed by atoms with Crippen molar-refractivity contribution in [3.8, 4) is 0 Å². The van der Waals surface area contributed by atoms with Gasteiger partial charge in [0.15, 0.2) is 0 Å². The van der Waals surface area contributed by atoms with Crippen LogP contribution in [0.1, 0.15) is 16.8 Å². The molecule has 0 spiro atoms. The second-order valence-electron chi connectivity index (χ2n) is 4.84. The smallest absolute Gasteiger partial charge is 0.337 e. The van der Waals surface area contributed by atoms with Crippen molar-refractivity contribution >= 4 is 30.1 Å². The van der Waals surface area contributed by atoms with Crippen LogP contribution >= 0.6 is 12.4 Å². The maximum atomic E-state index is 11.9. The topological polar surface area (TPSA) is 99.7 Å². The highest BCUT2D eigenvalue weighted by Gasteiger charge is 2.24. The summed E-state index contributed by atoms with van der Waals surface area (Å²) < 4.78 is 4.62. The Hall–Kier alpha value is -1.83. The lowest BCUT2D eigenvalue weighted by Gasteiger charge is -2.29. The van der Waals surface area contributed by atoms with Gasteiger partial charge in [-0.15, -0.1) is 12.4 Å². The fraction of sp³-hybridized carbons (Fsp3) is 0.429. The van der Waals surface area contributed by atoms with Gasteiger partial charge in [-0.1, -0.05) is 6.07 Å². The van der Waals surface area contributed by atoms with Crippen LogP contribution in [0, 0.1) is 0 Å². The van der Waals surface area contributed by atoms with E-state index in [4.69, 9.17) is 0 Å². The number of carbonyl (C=O) groups is 2. The zero-order valence-electron chi connectivity index (χ0n) is 12.2. The Morgan fingerprint density at radius 1 is 1.41 bits per heavy atom. The van der Waals surface area contributed by atoms with Gasteiger partial charge in [0.05, 0.1) is 24.8 Å². The number of methoxy groups -OCH3 is 1. The molecule has 2 amide bonds. The molecule has 0 radical (unpaired) electrons. The van der Waals surface area contributed by atoms with Crippen molar-refractivity contribution in [1.29, 1.82) is 0 Å². The molecule has 1 fully saturated rings. The molecule has 0 aromatic heterocycles. The molecular weight excluding hydrogens is 310 g/mol. The van der Waals surface area contributed by atoms with Crippen molar-refractivity contribution in [1.82, 2.24) is 10.6 Å². The van der Waals surface area contributed by atoms with Crippen LogP contribution in [0.25, 0.3) is 0 Å². The first-order valence-electron chi connectivity index (χ1n) is 6.75. The summed E-state index contributed by atoms with van der Waals surface area (Å²) in [5.41, 5.74) is 0.836. The molecule has 7 nitrogen and oxygen atoms in total. The van der Waals surface area contributed by atoms with E-state index in [-0.39, 0.29) is 18.4 Å². The summed E-state index contributed by atoms with van der Waals surface area (Å²) in [5.74, 6) is -0.467. The number of halogens is 1. The SMILES string of the molecule is COC(=O)c1cccc(NC(=O)N[C@@H]2CNCC[C@H]2O)c1.Cl. The average molecular weight is 330 g/mol. The van der Waals surface area contributed by atoms with Gasteiger partial charge in [0.1, 0.15) is 0 Å². The van der Waals surface area contributed by atoms with Crippen LogP contribution in [0.5, 0.6) is 0 Å². The van der Waals surface area contributed by atoms with Gasteiger partial charge in [-0.05, 0) is 31.2 Å². The van der Waals surface area contributed by atoms with Crippen molar-refractivity contribution in [3.05, 3.63) is 29.8 Å². The molecule has 22 heavy (non-hydrogen) atoms. The van der Waals surface area contributed by atoms with Crippen molar-refractivity contribution in [2.45, 2.75) is 18.6 Å². The number of piperidine rings is 1. The number of esters is 1. The van der Waals surface area contributed by atoms with E-state index in [2.05, 4.69) is 20.7 Å². The van der Waals surface area contributed by atoms with Crippen LogP contribution in [0.4, 0.5) is 10.5 Å². The predicted molar refractivity (Wildman–Crippen MR) is 84.5 cm³/mol. The summed E-state index contributed by atoms with van der Waals surface area (Å²) in [7, 11) is 1.30. The fourth-order valence-corrected chi connectivity index (χ4v) is 2.17. The highest BCUT2D eigenvalue weighted by molar-refractivity contribution is 5.94. The lowest BCUT2D eigenvalue weighted by Crippen LogP contribution is -2.54. The van der Waals surface area contributed by atoms with Crippen LogP contribution in [-0.2, 0) is 4.74 Å². The van der Waals surface area contributed by atoms with Crippen molar-refractivity contribution in [3.63, 3.8) is 0 Å². The van der Waals surface area contributed by atoms with Crippen molar-refractivity contribution in [2.24, 2.45) is 0 Å². The second kappa shape index (κ2) is 8.57. The van der Waals surface area contributed by atoms with Crippen LogP contribution in [0.15, 0.2) is 24.3 Å². The zero-order valence-corrected chi connectivity index (χ0v) is 13.0. The standard InChI is InChI=1S/C14H19N3O4.ClH/c1-21-13(19)9-3-2-4-10(7-9)16-14(20)17-11-8-15-6-5-12(11)18;/h2-4,7,11-12,15,18H,5-6,8H2,1H3,(H2,16,17,20);1H/t11-,12-;/m1./s1. The average Bonchev–Trinajstić information content (AvgIpc) is 2.49. The van der Waals surface area contributed by atoms with Gasteiger partial charge in [0.25, 0.3) is 0 Å². The maximum absolute atomic E-state index is 11.9. The number of rotatable bonds is 3. The van der Waals surface area contributed by atoms with Gasteiger partial charge in [-0.3, -0.25) is 0 Å². The Labute approximate surface area is 134 Å². The normalized spacial score (nSPS) is 20.5. The van der Waals surface area contributed by atoms with Gasteiger partial charge >= 0.3 is 12.0 Å². The molecule has 2 atom stereocenters. The van der Waals surface area contributed by atoms with Crippen LogP contribution < -0.4 is 16.0 Å². The Kier molecular flexibility index (Phi) is 7.10. The number of aliphatic hydroxyl groups excluding tert-OH is 1. The number of amides is 2. The molecule has 1 aliphatic rings. The number of anilines is 1. The first-order chi connectivity index (χ1) is 10.1. The number of hydrogen-bond acceptors (Lipinski definition) is 5. The van der Waals surface area contributed by atoms with Crippen molar-refractivity contribution < 1.29 is 19.4 Å². The van der Waals surface area contributed by atoms with Crippen LogP contribution in [0.2, 0.25) is 0 Å². The molecule has 0 aliphatic carbocycles.